The van der Waals surface area contributed by atoms with E-state index in [1.54, 1.807) is 4.90 Å². The minimum absolute atomic E-state index is 0.0228. The highest BCUT2D eigenvalue weighted by Crippen LogP contribution is 2.05. The van der Waals surface area contributed by atoms with Crippen LogP contribution in [0.5, 0.6) is 0 Å². The van der Waals surface area contributed by atoms with Crippen molar-refractivity contribution in [2.24, 2.45) is 0 Å². The third-order valence-electron chi connectivity index (χ3n) is 2.88. The van der Waals surface area contributed by atoms with Gasteiger partial charge in [0.25, 0.3) is 0 Å². The van der Waals surface area contributed by atoms with Gasteiger partial charge in [-0.25, -0.2) is 4.79 Å². The van der Waals surface area contributed by atoms with E-state index in [1.165, 1.54) is 0 Å². The van der Waals surface area contributed by atoms with Crippen molar-refractivity contribution < 1.29 is 9.53 Å². The second-order valence-corrected chi connectivity index (χ2v) is 4.52. The number of hydrogen-bond donors (Lipinski definition) is 1. The molecule has 1 aromatic rings. The van der Waals surface area contributed by atoms with Crippen LogP contribution in [0.1, 0.15) is 17.0 Å². The maximum absolute atomic E-state index is 11.9. The molecule has 5 nitrogen and oxygen atoms in total. The van der Waals surface area contributed by atoms with E-state index >= 15 is 0 Å². The Morgan fingerprint density at radius 2 is 1.94 bits per heavy atom. The molecule has 18 heavy (non-hydrogen) atoms. The number of aryl methyl sites for hydroxylation is 2. The Kier molecular flexibility index (Phi) is 4.15. The van der Waals surface area contributed by atoms with Gasteiger partial charge in [0, 0.05) is 31.0 Å². The highest BCUT2D eigenvalue weighted by molar-refractivity contribution is 5.74. The summed E-state index contributed by atoms with van der Waals surface area (Å²) in [6, 6.07) is 3.96. The number of aromatic nitrogens is 1. The number of ether oxygens (including phenoxy) is 1. The Morgan fingerprint density at radius 1 is 1.33 bits per heavy atom. The van der Waals surface area contributed by atoms with Crippen molar-refractivity contribution in [2.75, 3.05) is 26.3 Å². The van der Waals surface area contributed by atoms with Crippen LogP contribution in [-0.2, 0) is 11.3 Å². The average molecular weight is 249 g/mol. The molecule has 0 unspecified atom stereocenters. The number of amides is 2. The van der Waals surface area contributed by atoms with Gasteiger partial charge in [-0.15, -0.1) is 0 Å². The van der Waals surface area contributed by atoms with Crippen LogP contribution >= 0.6 is 0 Å². The lowest BCUT2D eigenvalue weighted by atomic mass is 10.2. The Labute approximate surface area is 107 Å². The van der Waals surface area contributed by atoms with E-state index in [2.05, 4.69) is 10.3 Å². The predicted molar refractivity (Wildman–Crippen MR) is 68.3 cm³/mol. The maximum atomic E-state index is 11.9. The van der Waals surface area contributed by atoms with E-state index in [9.17, 15) is 4.79 Å². The van der Waals surface area contributed by atoms with Crippen molar-refractivity contribution in [3.63, 3.8) is 0 Å². The van der Waals surface area contributed by atoms with E-state index in [4.69, 9.17) is 4.74 Å². The first-order valence-electron chi connectivity index (χ1n) is 6.20. The summed E-state index contributed by atoms with van der Waals surface area (Å²) in [6.45, 7) is 7.04. The molecule has 0 aliphatic carbocycles. The number of urea groups is 1. The molecular weight excluding hydrogens is 230 g/mol. The lowest BCUT2D eigenvalue weighted by Gasteiger charge is -2.26. The average Bonchev–Trinajstić information content (AvgIpc) is 2.36. The van der Waals surface area contributed by atoms with Crippen molar-refractivity contribution in [1.82, 2.24) is 15.2 Å². The van der Waals surface area contributed by atoms with Gasteiger partial charge in [-0.3, -0.25) is 4.98 Å². The van der Waals surface area contributed by atoms with E-state index in [1.807, 2.05) is 26.0 Å². The number of rotatable bonds is 2. The number of hydrogen-bond acceptors (Lipinski definition) is 3. The molecule has 1 aliphatic heterocycles. The van der Waals surface area contributed by atoms with Gasteiger partial charge in [-0.2, -0.15) is 0 Å². The molecule has 1 aliphatic rings. The number of carbonyl (C=O) groups is 1. The predicted octanol–water partition coefficient (Wildman–Crippen LogP) is 1.24. The van der Waals surface area contributed by atoms with Gasteiger partial charge in [-0.1, -0.05) is 0 Å². The fourth-order valence-corrected chi connectivity index (χ4v) is 2.08. The smallest absolute Gasteiger partial charge is 0.317 e. The van der Waals surface area contributed by atoms with Crippen LogP contribution in [0.15, 0.2) is 12.1 Å². The van der Waals surface area contributed by atoms with E-state index < -0.39 is 0 Å². The highest BCUT2D eigenvalue weighted by atomic mass is 16.5. The summed E-state index contributed by atoms with van der Waals surface area (Å²) in [7, 11) is 0. The fourth-order valence-electron chi connectivity index (χ4n) is 2.08. The Hall–Kier alpha value is -1.62. The van der Waals surface area contributed by atoms with Gasteiger partial charge in [0.2, 0.25) is 0 Å². The summed E-state index contributed by atoms with van der Waals surface area (Å²) < 4.78 is 5.21. The molecule has 1 N–H and O–H groups in total. The van der Waals surface area contributed by atoms with E-state index in [0.717, 1.165) is 17.0 Å². The first-order valence-corrected chi connectivity index (χ1v) is 6.20. The van der Waals surface area contributed by atoms with Gasteiger partial charge < -0.3 is 15.0 Å². The van der Waals surface area contributed by atoms with E-state index in [0.29, 0.717) is 32.8 Å². The van der Waals surface area contributed by atoms with Gasteiger partial charge in [0.05, 0.1) is 13.2 Å². The summed E-state index contributed by atoms with van der Waals surface area (Å²) in [5.74, 6) is 0. The Balaban J connectivity index is 1.88. The van der Waals surface area contributed by atoms with Gasteiger partial charge in [0.15, 0.2) is 0 Å². The maximum Gasteiger partial charge on any atom is 0.317 e. The second-order valence-electron chi connectivity index (χ2n) is 4.52. The van der Waals surface area contributed by atoms with Gasteiger partial charge in [-0.05, 0) is 31.5 Å². The highest BCUT2D eigenvalue weighted by Gasteiger charge is 2.16. The molecular formula is C13H19N3O2. The fraction of sp³-hybridized carbons (Fsp3) is 0.538. The molecule has 5 heteroatoms. The first-order chi connectivity index (χ1) is 8.65. The molecule has 0 spiro atoms. The van der Waals surface area contributed by atoms with E-state index in [-0.39, 0.29) is 6.03 Å². The summed E-state index contributed by atoms with van der Waals surface area (Å²) in [5.41, 5.74) is 3.04. The van der Waals surface area contributed by atoms with Crippen molar-refractivity contribution in [3.05, 3.63) is 29.1 Å². The Bertz CT molecular complexity index is 408. The van der Waals surface area contributed by atoms with Crippen molar-refractivity contribution in [1.29, 1.82) is 0 Å². The molecule has 0 bridgehead atoms. The zero-order valence-corrected chi connectivity index (χ0v) is 10.9. The molecule has 1 fully saturated rings. The molecule has 0 atom stereocenters. The van der Waals surface area contributed by atoms with Crippen LogP contribution in [0.25, 0.3) is 0 Å². The van der Waals surface area contributed by atoms with Crippen molar-refractivity contribution in [3.8, 4) is 0 Å². The standard InChI is InChI=1S/C13H19N3O2/c1-10-7-12(8-11(2)15-10)9-14-13(17)16-3-5-18-6-4-16/h7-8H,3-6,9H2,1-2H3,(H,14,17). The molecule has 2 rings (SSSR count). The molecule has 0 radical (unpaired) electrons. The van der Waals surface area contributed by atoms with Crippen LogP contribution in [-0.4, -0.2) is 42.2 Å². The van der Waals surface area contributed by atoms with Crippen LogP contribution in [0, 0.1) is 13.8 Å². The minimum atomic E-state index is -0.0228. The third kappa shape index (κ3) is 3.43. The van der Waals surface area contributed by atoms with Crippen LogP contribution in [0.2, 0.25) is 0 Å². The number of morpholine rings is 1. The summed E-state index contributed by atoms with van der Waals surface area (Å²) in [5, 5.41) is 2.93. The van der Waals surface area contributed by atoms with Crippen molar-refractivity contribution in [2.45, 2.75) is 20.4 Å². The molecule has 0 aromatic carbocycles. The first kappa shape index (κ1) is 12.8. The minimum Gasteiger partial charge on any atom is -0.378 e. The largest absolute Gasteiger partial charge is 0.378 e. The summed E-state index contributed by atoms with van der Waals surface area (Å²) in [6.07, 6.45) is 0. The summed E-state index contributed by atoms with van der Waals surface area (Å²) in [4.78, 5) is 18.0. The molecule has 0 saturated carbocycles. The molecule has 2 heterocycles. The number of nitrogens with one attached hydrogen (secondary N) is 1. The second kappa shape index (κ2) is 5.82. The molecule has 1 saturated heterocycles. The molecule has 1 aromatic heterocycles. The summed E-state index contributed by atoms with van der Waals surface area (Å²) >= 11 is 0. The van der Waals surface area contributed by atoms with Crippen LogP contribution < -0.4 is 5.32 Å². The SMILES string of the molecule is Cc1cc(CNC(=O)N2CCOCC2)cc(C)n1. The lowest BCUT2D eigenvalue weighted by Crippen LogP contribution is -2.45. The lowest BCUT2D eigenvalue weighted by molar-refractivity contribution is 0.0531. The zero-order chi connectivity index (χ0) is 13.0. The van der Waals surface area contributed by atoms with Crippen molar-refractivity contribution >= 4 is 6.03 Å². The van der Waals surface area contributed by atoms with Gasteiger partial charge >= 0.3 is 6.03 Å². The van der Waals surface area contributed by atoms with Crippen LogP contribution in [0.3, 0.4) is 0 Å². The number of pyridine rings is 1. The van der Waals surface area contributed by atoms with Crippen LogP contribution in [0.4, 0.5) is 4.79 Å². The normalized spacial score (nSPS) is 15.6. The number of nitrogens with zero attached hydrogens (tertiary/aromatic N) is 2. The topological polar surface area (TPSA) is 54.5 Å². The third-order valence-corrected chi connectivity index (χ3v) is 2.88. The van der Waals surface area contributed by atoms with Gasteiger partial charge in [0.1, 0.15) is 0 Å². The Morgan fingerprint density at radius 3 is 2.56 bits per heavy atom. The zero-order valence-electron chi connectivity index (χ0n) is 10.9. The quantitative estimate of drug-likeness (QED) is 0.858. The monoisotopic (exact) mass is 249 g/mol. The number of carbonyl (C=O) groups excluding carboxylic acids is 1. The molecule has 98 valence electrons. The molecule has 2 amide bonds.